The molecule has 53 heavy (non-hydrogen) atoms. The zero-order valence-corrected chi connectivity index (χ0v) is 37.1. The maximum absolute atomic E-state index is 13.7. The zero-order chi connectivity index (χ0) is 39.0. The van der Waals surface area contributed by atoms with Crippen LogP contribution in [0.2, 0.25) is 0 Å². The lowest BCUT2D eigenvalue weighted by Gasteiger charge is -2.33. The fourth-order valence-electron chi connectivity index (χ4n) is 7.91. The minimum atomic E-state index is 0.0177. The number of rotatable bonds is 42. The molecule has 0 aromatic heterocycles. The molecule has 5 nitrogen and oxygen atoms in total. The van der Waals surface area contributed by atoms with Gasteiger partial charge < -0.3 is 14.5 Å². The van der Waals surface area contributed by atoms with E-state index >= 15 is 0 Å². The van der Waals surface area contributed by atoms with Crippen LogP contribution in [0.25, 0.3) is 0 Å². The van der Waals surface area contributed by atoms with Gasteiger partial charge in [-0.2, -0.15) is 0 Å². The molecule has 0 spiro atoms. The fraction of sp³-hybridized carbons (Fsp3) is 0.958. The zero-order valence-electron chi connectivity index (χ0n) is 37.1. The SMILES string of the molecule is CCCCCCCCCC(CCCCCCCCC(=O)OCC(CCCCCC)CCCCCCCC)N(CCCN(C)C)C(=O)CCCCCCC. The summed E-state index contributed by atoms with van der Waals surface area (Å²) < 4.78 is 5.84. The second-order valence-corrected chi connectivity index (χ2v) is 17.1. The van der Waals surface area contributed by atoms with E-state index < -0.39 is 0 Å². The summed E-state index contributed by atoms with van der Waals surface area (Å²) in [6, 6.07) is 0.391. The molecule has 0 radical (unpaired) electrons. The highest BCUT2D eigenvalue weighted by atomic mass is 16.5. The number of carbonyl (C=O) groups excluding carboxylic acids is 2. The van der Waals surface area contributed by atoms with Crippen molar-refractivity contribution in [2.24, 2.45) is 5.92 Å². The number of nitrogens with zero attached hydrogens (tertiary/aromatic N) is 2. The van der Waals surface area contributed by atoms with Gasteiger partial charge in [0.15, 0.2) is 0 Å². The van der Waals surface area contributed by atoms with E-state index in [9.17, 15) is 9.59 Å². The Morgan fingerprint density at radius 3 is 1.26 bits per heavy atom. The van der Waals surface area contributed by atoms with E-state index in [0.29, 0.717) is 30.9 Å². The third-order valence-corrected chi connectivity index (χ3v) is 11.5. The maximum Gasteiger partial charge on any atom is 0.305 e. The second-order valence-electron chi connectivity index (χ2n) is 17.1. The summed E-state index contributed by atoms with van der Waals surface area (Å²) in [4.78, 5) is 30.9. The quantitative estimate of drug-likeness (QED) is 0.0461. The average molecular weight is 749 g/mol. The molecular weight excluding hydrogens is 653 g/mol. The predicted octanol–water partition coefficient (Wildman–Crippen LogP) is 14.6. The van der Waals surface area contributed by atoms with Gasteiger partial charge in [0.25, 0.3) is 0 Å². The summed E-state index contributed by atoms with van der Waals surface area (Å²) >= 11 is 0. The van der Waals surface area contributed by atoms with Crippen LogP contribution in [0, 0.1) is 5.92 Å². The van der Waals surface area contributed by atoms with Gasteiger partial charge in [0.2, 0.25) is 5.91 Å². The van der Waals surface area contributed by atoms with Gasteiger partial charge in [-0.05, 0) is 71.5 Å². The predicted molar refractivity (Wildman–Crippen MR) is 233 cm³/mol. The molecule has 2 unspecified atom stereocenters. The van der Waals surface area contributed by atoms with Crippen molar-refractivity contribution in [3.63, 3.8) is 0 Å². The third kappa shape index (κ3) is 35.1. The second kappa shape index (κ2) is 40.6. The van der Waals surface area contributed by atoms with Crippen molar-refractivity contribution in [3.8, 4) is 0 Å². The molecule has 0 heterocycles. The van der Waals surface area contributed by atoms with Gasteiger partial charge in [-0.25, -0.2) is 0 Å². The lowest BCUT2D eigenvalue weighted by molar-refractivity contribution is -0.145. The van der Waals surface area contributed by atoms with E-state index in [1.165, 1.54) is 173 Å². The van der Waals surface area contributed by atoms with Crippen LogP contribution in [-0.4, -0.2) is 61.5 Å². The largest absolute Gasteiger partial charge is 0.465 e. The van der Waals surface area contributed by atoms with Crippen LogP contribution in [-0.2, 0) is 14.3 Å². The van der Waals surface area contributed by atoms with Crippen molar-refractivity contribution in [2.45, 2.75) is 258 Å². The van der Waals surface area contributed by atoms with Crippen molar-refractivity contribution in [3.05, 3.63) is 0 Å². The third-order valence-electron chi connectivity index (χ3n) is 11.5. The minimum Gasteiger partial charge on any atom is -0.465 e. The summed E-state index contributed by atoms with van der Waals surface area (Å²) in [7, 11) is 4.28. The number of hydrogen-bond donors (Lipinski definition) is 0. The Labute approximate surface area is 333 Å². The van der Waals surface area contributed by atoms with Crippen molar-refractivity contribution in [2.75, 3.05) is 33.8 Å². The molecule has 0 rings (SSSR count). The van der Waals surface area contributed by atoms with Gasteiger partial charge in [-0.3, -0.25) is 9.59 Å². The van der Waals surface area contributed by atoms with E-state index in [-0.39, 0.29) is 5.97 Å². The van der Waals surface area contributed by atoms with E-state index in [1.807, 2.05) is 0 Å². The lowest BCUT2D eigenvalue weighted by Crippen LogP contribution is -2.41. The molecule has 316 valence electrons. The van der Waals surface area contributed by atoms with Crippen LogP contribution in [0.1, 0.15) is 252 Å². The molecule has 0 aromatic carbocycles. The van der Waals surface area contributed by atoms with Crippen LogP contribution >= 0.6 is 0 Å². The molecule has 5 heteroatoms. The highest BCUT2D eigenvalue weighted by Crippen LogP contribution is 2.23. The Morgan fingerprint density at radius 1 is 0.434 bits per heavy atom. The number of ether oxygens (including phenoxy) is 1. The summed E-state index contributed by atoms with van der Waals surface area (Å²) in [5.41, 5.74) is 0. The molecule has 2 atom stereocenters. The number of esters is 1. The van der Waals surface area contributed by atoms with Gasteiger partial charge in [0, 0.05) is 25.4 Å². The van der Waals surface area contributed by atoms with Crippen molar-refractivity contribution < 1.29 is 14.3 Å². The van der Waals surface area contributed by atoms with Crippen molar-refractivity contribution >= 4 is 11.9 Å². The molecule has 0 fully saturated rings. The van der Waals surface area contributed by atoms with Gasteiger partial charge in [-0.15, -0.1) is 0 Å². The fourth-order valence-corrected chi connectivity index (χ4v) is 7.91. The highest BCUT2D eigenvalue weighted by Gasteiger charge is 2.23. The van der Waals surface area contributed by atoms with E-state index in [4.69, 9.17) is 4.74 Å². The first-order chi connectivity index (χ1) is 25.9. The standard InChI is InChI=1S/C48H96N2O3/c1-7-11-15-19-21-26-31-38-46(50(43-35-42-49(5)6)47(51)40-33-24-17-13-9-3)39-32-27-22-23-28-34-41-48(52)53-44-45(36-29-18-14-10-4)37-30-25-20-16-12-8-2/h45-46H,7-44H2,1-6H3. The molecule has 0 aliphatic carbocycles. The first-order valence-electron chi connectivity index (χ1n) is 24.0. The Morgan fingerprint density at radius 2 is 0.811 bits per heavy atom. The molecular formula is C48H96N2O3. The molecule has 0 N–H and O–H groups in total. The van der Waals surface area contributed by atoms with Gasteiger partial charge >= 0.3 is 5.97 Å². The lowest BCUT2D eigenvalue weighted by atomic mass is 9.95. The van der Waals surface area contributed by atoms with Crippen molar-refractivity contribution in [1.29, 1.82) is 0 Å². The van der Waals surface area contributed by atoms with Crippen LogP contribution in [0.4, 0.5) is 0 Å². The molecule has 0 aliphatic heterocycles. The van der Waals surface area contributed by atoms with Crippen LogP contribution in [0.3, 0.4) is 0 Å². The number of unbranched alkanes of at least 4 members (excludes halogenated alkanes) is 23. The summed E-state index contributed by atoms with van der Waals surface area (Å²) in [5, 5.41) is 0. The normalized spacial score (nSPS) is 12.7. The number of carbonyl (C=O) groups is 2. The van der Waals surface area contributed by atoms with Gasteiger partial charge in [-0.1, -0.05) is 195 Å². The van der Waals surface area contributed by atoms with Crippen LogP contribution < -0.4 is 0 Å². The molecule has 1 amide bonds. The van der Waals surface area contributed by atoms with E-state index in [0.717, 1.165) is 58.0 Å². The summed E-state index contributed by atoms with van der Waals surface area (Å²) in [6.45, 7) is 11.7. The molecule has 0 saturated carbocycles. The smallest absolute Gasteiger partial charge is 0.305 e. The first kappa shape index (κ1) is 51.9. The molecule has 0 saturated heterocycles. The minimum absolute atomic E-state index is 0.0177. The van der Waals surface area contributed by atoms with E-state index in [2.05, 4.69) is 51.6 Å². The van der Waals surface area contributed by atoms with Gasteiger partial charge in [0.05, 0.1) is 6.61 Å². The van der Waals surface area contributed by atoms with Crippen LogP contribution in [0.5, 0.6) is 0 Å². The first-order valence-corrected chi connectivity index (χ1v) is 24.0. The Balaban J connectivity index is 4.75. The Kier molecular flexibility index (Phi) is 39.7. The maximum atomic E-state index is 13.7. The Bertz CT molecular complexity index is 772. The summed E-state index contributed by atoms with van der Waals surface area (Å²) in [5.74, 6) is 0.969. The van der Waals surface area contributed by atoms with Crippen molar-refractivity contribution in [1.82, 2.24) is 9.80 Å². The number of hydrogen-bond acceptors (Lipinski definition) is 4. The highest BCUT2D eigenvalue weighted by molar-refractivity contribution is 5.76. The number of amides is 1. The van der Waals surface area contributed by atoms with Crippen LogP contribution in [0.15, 0.2) is 0 Å². The van der Waals surface area contributed by atoms with E-state index in [1.54, 1.807) is 0 Å². The Hall–Kier alpha value is -1.10. The average Bonchev–Trinajstić information content (AvgIpc) is 3.14. The summed E-state index contributed by atoms with van der Waals surface area (Å²) in [6.07, 6.45) is 42.4. The molecule has 0 aliphatic rings. The molecule has 0 aromatic rings. The van der Waals surface area contributed by atoms with Gasteiger partial charge in [0.1, 0.15) is 0 Å². The monoisotopic (exact) mass is 749 g/mol. The molecule has 0 bridgehead atoms. The topological polar surface area (TPSA) is 49.9 Å².